The maximum Gasteiger partial charge on any atom is 0.295 e. The number of hydrogen-bond acceptors (Lipinski definition) is 4. The zero-order chi connectivity index (χ0) is 13.3. The van der Waals surface area contributed by atoms with Crippen molar-refractivity contribution in [2.75, 3.05) is 38.1 Å². The Morgan fingerprint density at radius 3 is 2.50 bits per heavy atom. The Morgan fingerprint density at radius 2 is 1.94 bits per heavy atom. The predicted molar refractivity (Wildman–Crippen MR) is 70.5 cm³/mol. The van der Waals surface area contributed by atoms with Crippen molar-refractivity contribution in [3.8, 4) is 0 Å². The van der Waals surface area contributed by atoms with Crippen LogP contribution in [-0.2, 0) is 0 Å². The van der Waals surface area contributed by atoms with Gasteiger partial charge >= 0.3 is 0 Å². The van der Waals surface area contributed by atoms with Crippen LogP contribution in [0.4, 0.5) is 15.8 Å². The van der Waals surface area contributed by atoms with Gasteiger partial charge in [-0.15, -0.1) is 0 Å². The third kappa shape index (κ3) is 2.62. The van der Waals surface area contributed by atoms with Gasteiger partial charge in [-0.05, 0) is 29.0 Å². The number of rotatable bonds is 2. The molecule has 0 unspecified atom stereocenters. The quantitative estimate of drug-likeness (QED) is 0.620. The fraction of sp³-hybridized carbons (Fsp3) is 0.455. The molecule has 1 aliphatic heterocycles. The van der Waals surface area contributed by atoms with Crippen molar-refractivity contribution in [2.45, 2.75) is 0 Å². The molecule has 0 radical (unpaired) electrons. The SMILES string of the molecule is CN1CCN(c2cc(Br)c(F)cc2[N+](=O)[O-])CC1. The highest BCUT2D eigenvalue weighted by Crippen LogP contribution is 2.33. The lowest BCUT2D eigenvalue weighted by Crippen LogP contribution is -2.44. The number of nitrogens with zero attached hydrogens (tertiary/aromatic N) is 3. The van der Waals surface area contributed by atoms with E-state index in [0.717, 1.165) is 19.2 Å². The lowest BCUT2D eigenvalue weighted by atomic mass is 10.2. The molecule has 1 saturated heterocycles. The molecule has 0 spiro atoms. The first-order valence-corrected chi connectivity index (χ1v) is 6.35. The number of benzene rings is 1. The number of piperazine rings is 1. The van der Waals surface area contributed by atoms with Gasteiger partial charge in [0.25, 0.3) is 5.69 Å². The third-order valence-electron chi connectivity index (χ3n) is 3.06. The molecule has 2 rings (SSSR count). The summed E-state index contributed by atoms with van der Waals surface area (Å²) in [5.74, 6) is -0.612. The average Bonchev–Trinajstić information content (AvgIpc) is 2.33. The summed E-state index contributed by atoms with van der Waals surface area (Å²) in [4.78, 5) is 14.5. The molecule has 5 nitrogen and oxygen atoms in total. The van der Waals surface area contributed by atoms with E-state index >= 15 is 0 Å². The van der Waals surface area contributed by atoms with Gasteiger partial charge in [-0.1, -0.05) is 0 Å². The van der Waals surface area contributed by atoms with Gasteiger partial charge in [0.15, 0.2) is 0 Å². The molecular formula is C11H13BrFN3O2. The van der Waals surface area contributed by atoms with Crippen molar-refractivity contribution in [2.24, 2.45) is 0 Å². The highest BCUT2D eigenvalue weighted by molar-refractivity contribution is 9.10. The first kappa shape index (κ1) is 13.2. The van der Waals surface area contributed by atoms with E-state index in [1.54, 1.807) is 0 Å². The number of hydrogen-bond donors (Lipinski definition) is 0. The number of anilines is 1. The third-order valence-corrected chi connectivity index (χ3v) is 3.67. The Labute approximate surface area is 112 Å². The Bertz CT molecular complexity index is 476. The van der Waals surface area contributed by atoms with Crippen LogP contribution in [0.1, 0.15) is 0 Å². The van der Waals surface area contributed by atoms with Crippen molar-refractivity contribution in [1.82, 2.24) is 4.90 Å². The molecule has 7 heteroatoms. The normalized spacial score (nSPS) is 16.9. The fourth-order valence-corrected chi connectivity index (χ4v) is 2.30. The molecule has 1 aromatic rings. The Morgan fingerprint density at radius 1 is 1.33 bits per heavy atom. The summed E-state index contributed by atoms with van der Waals surface area (Å²) in [5.41, 5.74) is 0.293. The zero-order valence-electron chi connectivity index (χ0n) is 9.90. The molecule has 98 valence electrons. The second-order valence-electron chi connectivity index (χ2n) is 4.30. The second-order valence-corrected chi connectivity index (χ2v) is 5.16. The molecule has 0 amide bonds. The van der Waals surface area contributed by atoms with Crippen molar-refractivity contribution < 1.29 is 9.31 Å². The summed E-state index contributed by atoms with van der Waals surface area (Å²) in [6.45, 7) is 3.09. The summed E-state index contributed by atoms with van der Waals surface area (Å²) in [7, 11) is 2.01. The highest BCUT2D eigenvalue weighted by Gasteiger charge is 2.24. The van der Waals surface area contributed by atoms with E-state index < -0.39 is 10.7 Å². The van der Waals surface area contributed by atoms with Gasteiger partial charge in [-0.25, -0.2) is 4.39 Å². The van der Waals surface area contributed by atoms with Gasteiger partial charge in [-0.3, -0.25) is 10.1 Å². The molecule has 0 bridgehead atoms. The standard InChI is InChI=1S/C11H13BrFN3O2/c1-14-2-4-15(5-3-14)10-6-8(12)9(13)7-11(10)16(17)18/h6-7H,2-5H2,1H3. The van der Waals surface area contributed by atoms with Crippen LogP contribution < -0.4 is 4.90 Å². The van der Waals surface area contributed by atoms with Crippen LogP contribution >= 0.6 is 15.9 Å². The predicted octanol–water partition coefficient (Wildman–Crippen LogP) is 2.25. The lowest BCUT2D eigenvalue weighted by molar-refractivity contribution is -0.384. The van der Waals surface area contributed by atoms with Crippen LogP contribution in [0.25, 0.3) is 0 Å². The average molecular weight is 318 g/mol. The zero-order valence-corrected chi connectivity index (χ0v) is 11.5. The van der Waals surface area contributed by atoms with Crippen molar-refractivity contribution in [3.05, 3.63) is 32.5 Å². The highest BCUT2D eigenvalue weighted by atomic mass is 79.9. The van der Waals surface area contributed by atoms with Crippen LogP contribution in [0, 0.1) is 15.9 Å². The van der Waals surface area contributed by atoms with Crippen LogP contribution in [0.2, 0.25) is 0 Å². The van der Waals surface area contributed by atoms with Gasteiger partial charge in [0, 0.05) is 26.2 Å². The topological polar surface area (TPSA) is 49.6 Å². The van der Waals surface area contributed by atoms with Crippen molar-refractivity contribution in [3.63, 3.8) is 0 Å². The monoisotopic (exact) mass is 317 g/mol. The van der Waals surface area contributed by atoms with Crippen LogP contribution in [0.15, 0.2) is 16.6 Å². The Balaban J connectivity index is 2.36. The van der Waals surface area contributed by atoms with E-state index in [0.29, 0.717) is 18.8 Å². The van der Waals surface area contributed by atoms with Crippen LogP contribution in [0.3, 0.4) is 0 Å². The fourth-order valence-electron chi connectivity index (χ4n) is 1.97. The number of halogens is 2. The Hall–Kier alpha value is -1.21. The van der Waals surface area contributed by atoms with Crippen molar-refractivity contribution >= 4 is 27.3 Å². The molecule has 0 atom stereocenters. The summed E-state index contributed by atoms with van der Waals surface area (Å²) in [6, 6.07) is 2.45. The smallest absolute Gasteiger partial charge is 0.295 e. The molecule has 1 aromatic carbocycles. The summed E-state index contributed by atoms with van der Waals surface area (Å²) >= 11 is 3.07. The largest absolute Gasteiger partial charge is 0.363 e. The first-order valence-electron chi connectivity index (χ1n) is 5.56. The maximum absolute atomic E-state index is 13.4. The van der Waals surface area contributed by atoms with Crippen molar-refractivity contribution in [1.29, 1.82) is 0 Å². The Kier molecular flexibility index (Phi) is 3.82. The van der Waals surface area contributed by atoms with Crippen LogP contribution in [0.5, 0.6) is 0 Å². The molecular weight excluding hydrogens is 305 g/mol. The van der Waals surface area contributed by atoms with Gasteiger partial charge in [0.05, 0.1) is 15.5 Å². The summed E-state index contributed by atoms with van der Waals surface area (Å²) in [6.07, 6.45) is 0. The molecule has 1 heterocycles. The van der Waals surface area contributed by atoms with Gasteiger partial charge < -0.3 is 9.80 Å². The maximum atomic E-state index is 13.4. The van der Waals surface area contributed by atoms with E-state index in [9.17, 15) is 14.5 Å². The summed E-state index contributed by atoms with van der Waals surface area (Å²) < 4.78 is 13.6. The van der Waals surface area contributed by atoms with Gasteiger partial charge in [0.1, 0.15) is 11.5 Å². The number of nitro groups is 1. The van der Waals surface area contributed by atoms with E-state index in [-0.39, 0.29) is 10.2 Å². The lowest BCUT2D eigenvalue weighted by Gasteiger charge is -2.33. The van der Waals surface area contributed by atoms with E-state index in [4.69, 9.17) is 0 Å². The second kappa shape index (κ2) is 5.19. The van der Waals surface area contributed by atoms with E-state index in [2.05, 4.69) is 20.8 Å². The molecule has 18 heavy (non-hydrogen) atoms. The molecule has 0 saturated carbocycles. The molecule has 1 aliphatic rings. The van der Waals surface area contributed by atoms with Gasteiger partial charge in [-0.2, -0.15) is 0 Å². The number of nitro benzene ring substituents is 1. The summed E-state index contributed by atoms with van der Waals surface area (Å²) in [5, 5.41) is 11.0. The number of likely N-dealkylation sites (N-methyl/N-ethyl adjacent to an activating group) is 1. The minimum Gasteiger partial charge on any atom is -0.363 e. The molecule has 0 N–H and O–H groups in total. The van der Waals surface area contributed by atoms with Gasteiger partial charge in [0.2, 0.25) is 0 Å². The van der Waals surface area contributed by atoms with E-state index in [1.807, 2.05) is 11.9 Å². The molecule has 0 aromatic heterocycles. The molecule has 0 aliphatic carbocycles. The minimum absolute atomic E-state index is 0.180. The van der Waals surface area contributed by atoms with Crippen LogP contribution in [-0.4, -0.2) is 43.0 Å². The molecule has 1 fully saturated rings. The minimum atomic E-state index is -0.612. The van der Waals surface area contributed by atoms with E-state index in [1.165, 1.54) is 6.07 Å². The first-order chi connectivity index (χ1) is 8.49.